The van der Waals surface area contributed by atoms with Crippen molar-refractivity contribution in [3.05, 3.63) is 47.3 Å². The topological polar surface area (TPSA) is 69.7 Å². The Hall–Kier alpha value is -1.90. The van der Waals surface area contributed by atoms with Crippen molar-refractivity contribution in [1.82, 2.24) is 9.21 Å². The predicted octanol–water partition coefficient (Wildman–Crippen LogP) is 2.59. The van der Waals surface area contributed by atoms with Gasteiger partial charge in [-0.3, -0.25) is 0 Å². The largest absolute Gasteiger partial charge is 0.322 e. The van der Waals surface area contributed by atoms with E-state index in [4.69, 9.17) is 0 Å². The molecule has 1 aliphatic heterocycles. The summed E-state index contributed by atoms with van der Waals surface area (Å²) in [5.74, 6) is 0. The first-order valence-electron chi connectivity index (χ1n) is 7.64. The molecule has 1 aliphatic rings. The Morgan fingerprint density at radius 3 is 2.29 bits per heavy atom. The standard InChI is InChI=1S/C16H19N3O3S2/c1-13-7-8-15(23-13)24(21,22)19-11-9-18(10-12-19)16(20)17-14-5-3-2-4-6-14/h2-8H,9-12H2,1H3,(H,17,20). The lowest BCUT2D eigenvalue weighted by Crippen LogP contribution is -2.51. The van der Waals surface area contributed by atoms with Crippen LogP contribution in [0.5, 0.6) is 0 Å². The van der Waals surface area contributed by atoms with Gasteiger partial charge >= 0.3 is 6.03 Å². The molecule has 128 valence electrons. The molecule has 1 saturated heterocycles. The van der Waals surface area contributed by atoms with Crippen LogP contribution in [0.15, 0.2) is 46.7 Å². The Kier molecular flexibility index (Phi) is 4.88. The van der Waals surface area contributed by atoms with Crippen LogP contribution in [0.1, 0.15) is 4.88 Å². The lowest BCUT2D eigenvalue weighted by molar-refractivity contribution is 0.184. The molecule has 6 nitrogen and oxygen atoms in total. The number of urea groups is 1. The van der Waals surface area contributed by atoms with E-state index in [0.29, 0.717) is 30.4 Å². The van der Waals surface area contributed by atoms with E-state index in [-0.39, 0.29) is 6.03 Å². The number of amides is 2. The minimum Gasteiger partial charge on any atom is -0.322 e. The number of piperazine rings is 1. The number of rotatable bonds is 3. The van der Waals surface area contributed by atoms with Crippen LogP contribution in [0.3, 0.4) is 0 Å². The number of aryl methyl sites for hydroxylation is 1. The number of hydrogen-bond donors (Lipinski definition) is 1. The fraction of sp³-hybridized carbons (Fsp3) is 0.312. The smallest absolute Gasteiger partial charge is 0.321 e. The maximum absolute atomic E-state index is 12.6. The number of carbonyl (C=O) groups excluding carboxylic acids is 1. The van der Waals surface area contributed by atoms with Crippen molar-refractivity contribution < 1.29 is 13.2 Å². The van der Waals surface area contributed by atoms with Gasteiger partial charge in [0.1, 0.15) is 4.21 Å². The van der Waals surface area contributed by atoms with E-state index >= 15 is 0 Å². The molecular weight excluding hydrogens is 346 g/mol. The van der Waals surface area contributed by atoms with E-state index in [0.717, 1.165) is 10.6 Å². The fourth-order valence-corrected chi connectivity index (χ4v) is 5.39. The Morgan fingerprint density at radius 1 is 1.04 bits per heavy atom. The van der Waals surface area contributed by atoms with Crippen LogP contribution in [0.4, 0.5) is 10.5 Å². The highest BCUT2D eigenvalue weighted by atomic mass is 32.2. The fourth-order valence-electron chi connectivity index (χ4n) is 2.53. The highest BCUT2D eigenvalue weighted by Crippen LogP contribution is 2.25. The highest BCUT2D eigenvalue weighted by molar-refractivity contribution is 7.91. The summed E-state index contributed by atoms with van der Waals surface area (Å²) in [6.45, 7) is 3.25. The van der Waals surface area contributed by atoms with Crippen molar-refractivity contribution in [3.63, 3.8) is 0 Å². The maximum Gasteiger partial charge on any atom is 0.321 e. The minimum absolute atomic E-state index is 0.204. The first kappa shape index (κ1) is 16.9. The molecule has 0 spiro atoms. The molecule has 2 heterocycles. The molecule has 2 amide bonds. The molecule has 0 aliphatic carbocycles. The highest BCUT2D eigenvalue weighted by Gasteiger charge is 2.30. The molecule has 2 aromatic rings. The van der Waals surface area contributed by atoms with Gasteiger partial charge in [0.05, 0.1) is 0 Å². The molecular formula is C16H19N3O3S2. The summed E-state index contributed by atoms with van der Waals surface area (Å²) in [6, 6.07) is 12.5. The third kappa shape index (κ3) is 3.61. The molecule has 3 rings (SSSR count). The minimum atomic E-state index is -3.46. The molecule has 8 heteroatoms. The molecule has 0 bridgehead atoms. The zero-order chi connectivity index (χ0) is 17.2. The van der Waals surface area contributed by atoms with Crippen molar-refractivity contribution in [1.29, 1.82) is 0 Å². The molecule has 0 unspecified atom stereocenters. The van der Waals surface area contributed by atoms with E-state index in [1.165, 1.54) is 15.6 Å². The zero-order valence-corrected chi connectivity index (χ0v) is 14.9. The van der Waals surface area contributed by atoms with E-state index in [1.54, 1.807) is 17.0 Å². The lowest BCUT2D eigenvalue weighted by atomic mass is 10.3. The molecule has 1 N–H and O–H groups in total. The van der Waals surface area contributed by atoms with E-state index in [1.807, 2.05) is 37.3 Å². The summed E-state index contributed by atoms with van der Waals surface area (Å²) in [5, 5.41) is 2.82. The van der Waals surface area contributed by atoms with Gasteiger partial charge in [-0.05, 0) is 31.2 Å². The van der Waals surface area contributed by atoms with E-state index in [9.17, 15) is 13.2 Å². The average molecular weight is 365 g/mol. The quantitative estimate of drug-likeness (QED) is 0.909. The third-order valence-electron chi connectivity index (χ3n) is 3.86. The second kappa shape index (κ2) is 6.92. The Morgan fingerprint density at radius 2 is 1.71 bits per heavy atom. The summed E-state index contributed by atoms with van der Waals surface area (Å²) in [7, 11) is -3.46. The van der Waals surface area contributed by atoms with Gasteiger partial charge in [0.15, 0.2) is 0 Å². The first-order chi connectivity index (χ1) is 11.5. The number of sulfonamides is 1. The molecule has 0 radical (unpaired) electrons. The van der Waals surface area contributed by atoms with Crippen LogP contribution < -0.4 is 5.32 Å². The molecule has 0 atom stereocenters. The van der Waals surface area contributed by atoms with Crippen LogP contribution in [0.25, 0.3) is 0 Å². The normalized spacial score (nSPS) is 16.1. The Labute approximate surface area is 145 Å². The second-order valence-electron chi connectivity index (χ2n) is 5.55. The third-order valence-corrected chi connectivity index (χ3v) is 7.23. The summed E-state index contributed by atoms with van der Waals surface area (Å²) in [5.41, 5.74) is 0.728. The van der Waals surface area contributed by atoms with Gasteiger partial charge in [0, 0.05) is 36.7 Å². The van der Waals surface area contributed by atoms with E-state index in [2.05, 4.69) is 5.32 Å². The number of carbonyl (C=O) groups is 1. The van der Waals surface area contributed by atoms with Crippen LogP contribution in [0, 0.1) is 6.92 Å². The van der Waals surface area contributed by atoms with Gasteiger partial charge in [-0.2, -0.15) is 4.31 Å². The number of nitrogens with zero attached hydrogens (tertiary/aromatic N) is 2. The molecule has 1 fully saturated rings. The van der Waals surface area contributed by atoms with E-state index < -0.39 is 10.0 Å². The number of nitrogens with one attached hydrogen (secondary N) is 1. The molecule has 24 heavy (non-hydrogen) atoms. The number of benzene rings is 1. The SMILES string of the molecule is Cc1ccc(S(=O)(=O)N2CCN(C(=O)Nc3ccccc3)CC2)s1. The summed E-state index contributed by atoms with van der Waals surface area (Å²) in [6.07, 6.45) is 0. The van der Waals surface area contributed by atoms with Crippen LogP contribution in [0.2, 0.25) is 0 Å². The zero-order valence-electron chi connectivity index (χ0n) is 13.3. The average Bonchev–Trinajstić information content (AvgIpc) is 3.03. The van der Waals surface area contributed by atoms with Crippen molar-refractivity contribution in [2.45, 2.75) is 11.1 Å². The van der Waals surface area contributed by atoms with Gasteiger partial charge in [-0.25, -0.2) is 13.2 Å². The number of thiophene rings is 1. The molecule has 0 saturated carbocycles. The van der Waals surface area contributed by atoms with Crippen LogP contribution >= 0.6 is 11.3 Å². The maximum atomic E-state index is 12.6. The number of hydrogen-bond acceptors (Lipinski definition) is 4. The monoisotopic (exact) mass is 365 g/mol. The van der Waals surface area contributed by atoms with Crippen molar-refractivity contribution in [2.24, 2.45) is 0 Å². The van der Waals surface area contributed by atoms with Crippen LogP contribution in [-0.4, -0.2) is 49.8 Å². The Balaban J connectivity index is 1.60. The van der Waals surface area contributed by atoms with Gasteiger partial charge < -0.3 is 10.2 Å². The molecule has 1 aromatic carbocycles. The summed E-state index contributed by atoms with van der Waals surface area (Å²) in [4.78, 5) is 14.9. The van der Waals surface area contributed by atoms with Gasteiger partial charge in [0.2, 0.25) is 0 Å². The lowest BCUT2D eigenvalue weighted by Gasteiger charge is -2.33. The van der Waals surface area contributed by atoms with Gasteiger partial charge in [-0.1, -0.05) is 18.2 Å². The first-order valence-corrected chi connectivity index (χ1v) is 9.90. The Bertz CT molecular complexity index is 810. The summed E-state index contributed by atoms with van der Waals surface area (Å²) < 4.78 is 27.0. The van der Waals surface area contributed by atoms with Gasteiger partial charge in [-0.15, -0.1) is 11.3 Å². The van der Waals surface area contributed by atoms with Crippen molar-refractivity contribution >= 4 is 33.1 Å². The number of anilines is 1. The van der Waals surface area contributed by atoms with Gasteiger partial charge in [0.25, 0.3) is 10.0 Å². The molecule has 1 aromatic heterocycles. The predicted molar refractivity (Wildman–Crippen MR) is 94.8 cm³/mol. The second-order valence-corrected chi connectivity index (χ2v) is 9.01. The van der Waals surface area contributed by atoms with Crippen molar-refractivity contribution in [2.75, 3.05) is 31.5 Å². The summed E-state index contributed by atoms with van der Waals surface area (Å²) >= 11 is 1.27. The number of para-hydroxylation sites is 1. The van der Waals surface area contributed by atoms with Crippen molar-refractivity contribution in [3.8, 4) is 0 Å². The van der Waals surface area contributed by atoms with Crippen LogP contribution in [-0.2, 0) is 10.0 Å².